The Labute approximate surface area is 127 Å². The predicted octanol–water partition coefficient (Wildman–Crippen LogP) is 4.25. The van der Waals surface area contributed by atoms with E-state index in [1.807, 2.05) is 11.3 Å². The number of thiazole rings is 1. The van der Waals surface area contributed by atoms with E-state index < -0.39 is 0 Å². The lowest BCUT2D eigenvalue weighted by Crippen LogP contribution is -2.25. The minimum Gasteiger partial charge on any atom is -0.371 e. The van der Waals surface area contributed by atoms with E-state index in [9.17, 15) is 0 Å². The fourth-order valence-electron chi connectivity index (χ4n) is 2.85. The van der Waals surface area contributed by atoms with Crippen molar-refractivity contribution in [3.8, 4) is 0 Å². The topological polar surface area (TPSA) is 34.1 Å². The van der Waals surface area contributed by atoms with E-state index in [1.165, 1.54) is 29.8 Å². The van der Waals surface area contributed by atoms with E-state index in [-0.39, 0.29) is 11.5 Å². The minimum absolute atomic E-state index is 0.0874. The molecule has 1 aromatic rings. The Balaban J connectivity index is 2.29. The predicted molar refractivity (Wildman–Crippen MR) is 85.3 cm³/mol. The number of hydrogen-bond donors (Lipinski definition) is 1. The Morgan fingerprint density at radius 3 is 2.75 bits per heavy atom. The van der Waals surface area contributed by atoms with Crippen LogP contribution in [0.2, 0.25) is 0 Å². The molecule has 1 N–H and O–H groups in total. The molecule has 20 heavy (non-hydrogen) atoms. The summed E-state index contributed by atoms with van der Waals surface area (Å²) in [6, 6.07) is 0.441. The van der Waals surface area contributed by atoms with Gasteiger partial charge in [0.25, 0.3) is 0 Å². The summed E-state index contributed by atoms with van der Waals surface area (Å²) in [5.41, 5.74) is 1.37. The molecule has 0 fully saturated rings. The summed E-state index contributed by atoms with van der Waals surface area (Å²) >= 11 is 1.86. The largest absolute Gasteiger partial charge is 0.371 e. The maximum absolute atomic E-state index is 5.99. The van der Waals surface area contributed by atoms with Gasteiger partial charge in [-0.2, -0.15) is 0 Å². The van der Waals surface area contributed by atoms with Gasteiger partial charge in [0, 0.05) is 11.5 Å². The van der Waals surface area contributed by atoms with Crippen molar-refractivity contribution in [3.05, 3.63) is 15.6 Å². The summed E-state index contributed by atoms with van der Waals surface area (Å²) < 4.78 is 5.99. The molecule has 2 rings (SSSR count). The van der Waals surface area contributed by atoms with E-state index in [2.05, 4.69) is 39.9 Å². The van der Waals surface area contributed by atoms with Crippen LogP contribution in [-0.4, -0.2) is 18.1 Å². The molecule has 0 aromatic carbocycles. The number of nitrogens with one attached hydrogen (secondary N) is 1. The number of aryl methyl sites for hydroxylation is 1. The molecule has 3 nitrogen and oxygen atoms in total. The molecule has 1 aliphatic carbocycles. The maximum Gasteiger partial charge on any atom is 0.123 e. The molecule has 0 saturated heterocycles. The van der Waals surface area contributed by atoms with Crippen molar-refractivity contribution in [2.45, 2.75) is 66.0 Å². The zero-order valence-electron chi connectivity index (χ0n) is 13.5. The second kappa shape index (κ2) is 6.54. The van der Waals surface area contributed by atoms with E-state index in [0.717, 1.165) is 18.2 Å². The van der Waals surface area contributed by atoms with Gasteiger partial charge >= 0.3 is 0 Å². The normalized spacial score (nSPS) is 20.8. The summed E-state index contributed by atoms with van der Waals surface area (Å²) in [7, 11) is 0. The van der Waals surface area contributed by atoms with Crippen LogP contribution in [0.4, 0.5) is 0 Å². The summed E-state index contributed by atoms with van der Waals surface area (Å²) in [5.74, 6) is 0. The lowest BCUT2D eigenvalue weighted by atomic mass is 9.89. The quantitative estimate of drug-likeness (QED) is 0.882. The van der Waals surface area contributed by atoms with Crippen LogP contribution in [0.5, 0.6) is 0 Å². The Hall–Kier alpha value is -0.450. The van der Waals surface area contributed by atoms with Crippen LogP contribution in [0.3, 0.4) is 0 Å². The fraction of sp³-hybridized carbons (Fsp3) is 0.812. The maximum atomic E-state index is 5.99. The van der Waals surface area contributed by atoms with Gasteiger partial charge in [0.2, 0.25) is 0 Å². The molecule has 0 radical (unpaired) electrons. The van der Waals surface area contributed by atoms with Crippen LogP contribution in [0.1, 0.15) is 75.2 Å². The highest BCUT2D eigenvalue weighted by atomic mass is 32.1. The van der Waals surface area contributed by atoms with Crippen LogP contribution in [0.25, 0.3) is 0 Å². The summed E-state index contributed by atoms with van der Waals surface area (Å²) in [5, 5.41) is 4.73. The first-order valence-electron chi connectivity index (χ1n) is 7.81. The van der Waals surface area contributed by atoms with E-state index in [0.29, 0.717) is 6.04 Å². The minimum atomic E-state index is 0.0874. The molecule has 0 bridgehead atoms. The second-order valence-corrected chi connectivity index (χ2v) is 7.68. The number of aromatic nitrogens is 1. The lowest BCUT2D eigenvalue weighted by molar-refractivity contribution is -0.0134. The molecule has 4 heteroatoms. The van der Waals surface area contributed by atoms with Gasteiger partial charge in [0.1, 0.15) is 11.1 Å². The number of nitrogens with zero attached hydrogens (tertiary/aromatic N) is 1. The number of fused-ring (bicyclic) bond motifs is 1. The number of hydrogen-bond acceptors (Lipinski definition) is 4. The number of ether oxygens (including phenoxy) is 1. The van der Waals surface area contributed by atoms with Crippen LogP contribution >= 0.6 is 11.3 Å². The van der Waals surface area contributed by atoms with Gasteiger partial charge in [-0.15, -0.1) is 11.3 Å². The highest BCUT2D eigenvalue weighted by Gasteiger charge is 2.32. The molecule has 0 amide bonds. The second-order valence-electron chi connectivity index (χ2n) is 6.56. The summed E-state index contributed by atoms with van der Waals surface area (Å²) in [6.45, 7) is 12.7. The van der Waals surface area contributed by atoms with E-state index in [1.54, 1.807) is 0 Å². The molecule has 1 aromatic heterocycles. The van der Waals surface area contributed by atoms with Gasteiger partial charge in [0.05, 0.1) is 11.7 Å². The first-order valence-corrected chi connectivity index (χ1v) is 8.63. The summed E-state index contributed by atoms with van der Waals surface area (Å²) in [4.78, 5) is 6.43. The van der Waals surface area contributed by atoms with Gasteiger partial charge in [0.15, 0.2) is 0 Å². The first-order chi connectivity index (χ1) is 9.47. The van der Waals surface area contributed by atoms with Gasteiger partial charge in [-0.1, -0.05) is 27.7 Å². The van der Waals surface area contributed by atoms with Crippen LogP contribution in [-0.2, 0) is 11.2 Å². The fourth-order valence-corrected chi connectivity index (χ4v) is 4.32. The highest BCUT2D eigenvalue weighted by molar-refractivity contribution is 7.11. The molecule has 0 saturated carbocycles. The summed E-state index contributed by atoms with van der Waals surface area (Å²) in [6.07, 6.45) is 3.75. The molecule has 114 valence electrons. The van der Waals surface area contributed by atoms with Crippen molar-refractivity contribution in [1.29, 1.82) is 0 Å². The molecule has 2 atom stereocenters. The third kappa shape index (κ3) is 3.41. The van der Waals surface area contributed by atoms with Crippen LogP contribution < -0.4 is 5.32 Å². The third-order valence-electron chi connectivity index (χ3n) is 3.77. The van der Waals surface area contributed by atoms with Crippen molar-refractivity contribution in [1.82, 2.24) is 10.3 Å². The number of rotatable bonds is 5. The van der Waals surface area contributed by atoms with Gasteiger partial charge in [-0.3, -0.25) is 0 Å². The van der Waals surface area contributed by atoms with E-state index >= 15 is 0 Å². The Morgan fingerprint density at radius 2 is 2.15 bits per heavy atom. The first kappa shape index (κ1) is 15.9. The van der Waals surface area contributed by atoms with Crippen molar-refractivity contribution >= 4 is 11.3 Å². The average molecular weight is 296 g/mol. The smallest absolute Gasteiger partial charge is 0.123 e. The molecular formula is C16H28N2OS. The van der Waals surface area contributed by atoms with Gasteiger partial charge in [-0.05, 0) is 38.1 Å². The Kier molecular flexibility index (Phi) is 5.21. The van der Waals surface area contributed by atoms with Gasteiger partial charge in [-0.25, -0.2) is 4.98 Å². The van der Waals surface area contributed by atoms with Crippen molar-refractivity contribution in [2.75, 3.05) is 13.2 Å². The highest BCUT2D eigenvalue weighted by Crippen LogP contribution is 2.42. The molecule has 0 aliphatic heterocycles. The SMILES string of the molecule is CCNC1CCCc2sc(C(OCC)C(C)(C)C)nc21. The zero-order chi connectivity index (χ0) is 14.8. The molecular weight excluding hydrogens is 268 g/mol. The molecule has 1 aliphatic rings. The monoisotopic (exact) mass is 296 g/mol. The standard InChI is InChI=1S/C16H28N2OS/c1-6-17-11-9-8-10-12-13(11)18-15(20-12)14(19-7-2)16(3,4)5/h11,14,17H,6-10H2,1-5H3. The zero-order valence-corrected chi connectivity index (χ0v) is 14.3. The Bertz CT molecular complexity index is 436. The van der Waals surface area contributed by atoms with E-state index in [4.69, 9.17) is 9.72 Å². The third-order valence-corrected chi connectivity index (χ3v) is 4.94. The van der Waals surface area contributed by atoms with Crippen molar-refractivity contribution in [2.24, 2.45) is 5.41 Å². The molecule has 1 heterocycles. The molecule has 0 spiro atoms. The van der Waals surface area contributed by atoms with Crippen LogP contribution in [0, 0.1) is 5.41 Å². The average Bonchev–Trinajstić information content (AvgIpc) is 2.79. The van der Waals surface area contributed by atoms with Gasteiger partial charge < -0.3 is 10.1 Å². The van der Waals surface area contributed by atoms with Crippen molar-refractivity contribution < 1.29 is 4.74 Å². The van der Waals surface area contributed by atoms with Crippen molar-refractivity contribution in [3.63, 3.8) is 0 Å². The van der Waals surface area contributed by atoms with Crippen LogP contribution in [0.15, 0.2) is 0 Å². The lowest BCUT2D eigenvalue weighted by Gasteiger charge is -2.28. The Morgan fingerprint density at radius 1 is 1.40 bits per heavy atom. The molecule has 2 unspecified atom stereocenters.